The Morgan fingerprint density at radius 3 is 2.06 bits per heavy atom. The molecule has 0 aliphatic heterocycles. The average Bonchev–Trinajstić information content (AvgIpc) is 2.90. The predicted octanol–water partition coefficient (Wildman–Crippen LogP) is 4.68. The first kappa shape index (κ1) is 26.3. The molecule has 3 rings (SSSR count). The first-order chi connectivity index (χ1) is 17.6. The third kappa shape index (κ3) is 7.36. The number of rotatable bonds is 11. The summed E-state index contributed by atoms with van der Waals surface area (Å²) < 4.78 is 22.5. The minimum Gasteiger partial charge on any atom is -0.497 e. The van der Waals surface area contributed by atoms with Gasteiger partial charge in [0.2, 0.25) is 11.7 Å². The topological polar surface area (TPSA) is 103 Å². The van der Waals surface area contributed by atoms with Gasteiger partial charge >= 0.3 is 0 Å². The Balaban J connectivity index is 1.90. The van der Waals surface area contributed by atoms with Crippen molar-refractivity contribution in [1.29, 1.82) is 0 Å². The van der Waals surface area contributed by atoms with Gasteiger partial charge < -0.3 is 24.3 Å². The third-order valence-electron chi connectivity index (χ3n) is 4.93. The number of methoxy groups -OCH3 is 1. The fraction of sp³-hybridized carbons (Fsp3) is 0.296. The Labute approximate surface area is 211 Å². The summed E-state index contributed by atoms with van der Waals surface area (Å²) in [7, 11) is 1.61. The van der Waals surface area contributed by atoms with Crippen LogP contribution in [0, 0.1) is 0 Å². The Morgan fingerprint density at radius 1 is 0.889 bits per heavy atom. The van der Waals surface area contributed by atoms with Gasteiger partial charge in [-0.2, -0.15) is 0 Å². The Morgan fingerprint density at radius 2 is 1.50 bits per heavy atom. The van der Waals surface area contributed by atoms with E-state index in [-0.39, 0.29) is 11.9 Å². The zero-order valence-corrected chi connectivity index (χ0v) is 21.0. The van der Waals surface area contributed by atoms with Crippen LogP contribution in [0.3, 0.4) is 0 Å². The van der Waals surface area contributed by atoms with Crippen molar-refractivity contribution in [3.63, 3.8) is 0 Å². The zero-order valence-electron chi connectivity index (χ0n) is 21.0. The maximum Gasteiger partial charge on any atom is 0.258 e. The Bertz CT molecular complexity index is 1120. The van der Waals surface area contributed by atoms with E-state index in [1.807, 2.05) is 57.2 Å². The highest BCUT2D eigenvalue weighted by atomic mass is 16.5. The van der Waals surface area contributed by atoms with E-state index in [0.29, 0.717) is 49.2 Å². The SMILES string of the molecule is CCOc1cc(C(=O)NC(=NCc2ccncc2)Nc2ccc(OC)cc2)cc(OCC)c1OCC. The number of hydrogen-bond acceptors (Lipinski definition) is 7. The lowest BCUT2D eigenvalue weighted by Gasteiger charge is -2.17. The molecule has 0 saturated heterocycles. The van der Waals surface area contributed by atoms with Crippen molar-refractivity contribution in [2.75, 3.05) is 32.2 Å². The van der Waals surface area contributed by atoms with E-state index in [0.717, 1.165) is 17.0 Å². The van der Waals surface area contributed by atoms with Crippen molar-refractivity contribution >= 4 is 17.6 Å². The number of carbonyl (C=O) groups excluding carboxylic acids is 1. The summed E-state index contributed by atoms with van der Waals surface area (Å²) in [5.74, 6) is 1.98. The normalized spacial score (nSPS) is 10.9. The standard InChI is InChI=1S/C27H32N4O5/c1-5-34-23-16-20(17-24(35-6-2)25(23)36-7-3)26(32)31-27(29-18-19-12-14-28-15-13-19)30-21-8-10-22(33-4)11-9-21/h8-17H,5-7,18H2,1-4H3,(H2,29,30,31,32). The summed E-state index contributed by atoms with van der Waals surface area (Å²) in [5, 5.41) is 6.04. The summed E-state index contributed by atoms with van der Waals surface area (Å²) in [4.78, 5) is 21.9. The predicted molar refractivity (Wildman–Crippen MR) is 139 cm³/mol. The number of nitrogens with zero attached hydrogens (tertiary/aromatic N) is 2. The molecule has 0 saturated carbocycles. The van der Waals surface area contributed by atoms with Gasteiger partial charge in [0.1, 0.15) is 5.75 Å². The maximum atomic E-state index is 13.3. The molecular weight excluding hydrogens is 460 g/mol. The first-order valence-electron chi connectivity index (χ1n) is 11.8. The van der Waals surface area contributed by atoms with Gasteiger partial charge in [0.05, 0.1) is 33.5 Å². The molecule has 0 aliphatic rings. The number of nitrogens with one attached hydrogen (secondary N) is 2. The fourth-order valence-electron chi connectivity index (χ4n) is 3.28. The van der Waals surface area contributed by atoms with Crippen LogP contribution in [0.25, 0.3) is 0 Å². The van der Waals surface area contributed by atoms with Gasteiger partial charge in [-0.05, 0) is 74.9 Å². The Kier molecular flexibility index (Phi) is 9.93. The zero-order chi connectivity index (χ0) is 25.8. The number of guanidine groups is 1. The molecule has 0 unspecified atom stereocenters. The fourth-order valence-corrected chi connectivity index (χ4v) is 3.28. The minimum absolute atomic E-state index is 0.284. The van der Waals surface area contributed by atoms with Crippen molar-refractivity contribution < 1.29 is 23.7 Å². The van der Waals surface area contributed by atoms with Crippen LogP contribution in [-0.4, -0.2) is 43.8 Å². The van der Waals surface area contributed by atoms with Gasteiger partial charge in [-0.25, -0.2) is 4.99 Å². The molecule has 1 amide bonds. The summed E-state index contributed by atoms with van der Waals surface area (Å²) in [6.45, 7) is 7.21. The molecular formula is C27H32N4O5. The molecule has 36 heavy (non-hydrogen) atoms. The van der Waals surface area contributed by atoms with Gasteiger partial charge in [0.25, 0.3) is 5.91 Å². The van der Waals surface area contributed by atoms with E-state index >= 15 is 0 Å². The van der Waals surface area contributed by atoms with E-state index < -0.39 is 0 Å². The smallest absolute Gasteiger partial charge is 0.258 e. The number of pyridine rings is 1. The number of aliphatic imine (C=N–C) groups is 1. The number of benzene rings is 2. The Hall–Kier alpha value is -4.27. The van der Waals surface area contributed by atoms with Crippen LogP contribution in [0.1, 0.15) is 36.7 Å². The van der Waals surface area contributed by atoms with Crippen molar-refractivity contribution in [3.05, 3.63) is 72.1 Å². The molecule has 2 aromatic carbocycles. The van der Waals surface area contributed by atoms with Gasteiger partial charge in [-0.15, -0.1) is 0 Å². The summed E-state index contributed by atoms with van der Waals surface area (Å²) in [6.07, 6.45) is 3.40. The van der Waals surface area contributed by atoms with Crippen LogP contribution in [0.2, 0.25) is 0 Å². The third-order valence-corrected chi connectivity index (χ3v) is 4.93. The second kappa shape index (κ2) is 13.6. The summed E-state index contributed by atoms with van der Waals surface area (Å²) in [5.41, 5.74) is 2.03. The summed E-state index contributed by atoms with van der Waals surface area (Å²) >= 11 is 0. The lowest BCUT2D eigenvalue weighted by molar-refractivity contribution is 0.0975. The van der Waals surface area contributed by atoms with Gasteiger partial charge in [-0.3, -0.25) is 15.1 Å². The van der Waals surface area contributed by atoms with Crippen LogP contribution < -0.4 is 29.6 Å². The molecule has 1 aromatic heterocycles. The van der Waals surface area contributed by atoms with Crippen molar-refractivity contribution in [2.45, 2.75) is 27.3 Å². The summed E-state index contributed by atoms with van der Waals surface area (Å²) in [6, 6.07) is 14.3. The number of amides is 1. The van der Waals surface area contributed by atoms with Crippen LogP contribution >= 0.6 is 0 Å². The van der Waals surface area contributed by atoms with Crippen molar-refractivity contribution in [3.8, 4) is 23.0 Å². The number of carbonyl (C=O) groups is 1. The highest BCUT2D eigenvalue weighted by Gasteiger charge is 2.19. The number of anilines is 1. The van der Waals surface area contributed by atoms with E-state index in [1.54, 1.807) is 31.6 Å². The molecule has 1 heterocycles. The monoisotopic (exact) mass is 492 g/mol. The quantitative estimate of drug-likeness (QED) is 0.296. The lowest BCUT2D eigenvalue weighted by Crippen LogP contribution is -2.36. The maximum absolute atomic E-state index is 13.3. The second-order valence-corrected chi connectivity index (χ2v) is 7.43. The first-order valence-corrected chi connectivity index (χ1v) is 11.8. The van der Waals surface area contributed by atoms with Gasteiger partial charge in [0.15, 0.2) is 11.5 Å². The number of ether oxygens (including phenoxy) is 4. The van der Waals surface area contributed by atoms with Crippen molar-refractivity contribution in [2.24, 2.45) is 4.99 Å². The van der Waals surface area contributed by atoms with Crippen LogP contribution in [-0.2, 0) is 6.54 Å². The molecule has 3 aromatic rings. The van der Waals surface area contributed by atoms with Crippen molar-refractivity contribution in [1.82, 2.24) is 10.3 Å². The van der Waals surface area contributed by atoms with E-state index in [1.165, 1.54) is 0 Å². The molecule has 0 atom stereocenters. The molecule has 9 heteroatoms. The average molecular weight is 493 g/mol. The molecule has 0 radical (unpaired) electrons. The molecule has 0 fully saturated rings. The van der Waals surface area contributed by atoms with Gasteiger partial charge in [0, 0.05) is 23.6 Å². The highest BCUT2D eigenvalue weighted by molar-refractivity contribution is 6.10. The highest BCUT2D eigenvalue weighted by Crippen LogP contribution is 2.39. The molecule has 2 N–H and O–H groups in total. The van der Waals surface area contributed by atoms with Gasteiger partial charge in [-0.1, -0.05) is 0 Å². The molecule has 0 bridgehead atoms. The molecule has 190 valence electrons. The van der Waals surface area contributed by atoms with Crippen LogP contribution in [0.5, 0.6) is 23.0 Å². The van der Waals surface area contributed by atoms with E-state index in [2.05, 4.69) is 20.6 Å². The number of aromatic nitrogens is 1. The van der Waals surface area contributed by atoms with E-state index in [4.69, 9.17) is 18.9 Å². The molecule has 0 spiro atoms. The number of hydrogen-bond donors (Lipinski definition) is 2. The minimum atomic E-state index is -0.380. The lowest BCUT2D eigenvalue weighted by atomic mass is 10.1. The second-order valence-electron chi connectivity index (χ2n) is 7.43. The van der Waals surface area contributed by atoms with Crippen LogP contribution in [0.15, 0.2) is 65.9 Å². The largest absolute Gasteiger partial charge is 0.497 e. The molecule has 9 nitrogen and oxygen atoms in total. The van der Waals surface area contributed by atoms with Crippen LogP contribution in [0.4, 0.5) is 5.69 Å². The van der Waals surface area contributed by atoms with E-state index in [9.17, 15) is 4.79 Å². The molecule has 0 aliphatic carbocycles.